The van der Waals surface area contributed by atoms with Gasteiger partial charge in [-0.15, -0.1) is 0 Å². The fourth-order valence-corrected chi connectivity index (χ4v) is 3.91. The Balaban J connectivity index is 2.60. The lowest BCUT2D eigenvalue weighted by Gasteiger charge is -2.16. The molecule has 1 atom stereocenters. The first-order valence-corrected chi connectivity index (χ1v) is 8.89. The number of allylic oxidation sites excluding steroid dienone is 1. The van der Waals surface area contributed by atoms with Crippen molar-refractivity contribution in [3.05, 3.63) is 76.8 Å². The van der Waals surface area contributed by atoms with E-state index in [2.05, 4.69) is 0 Å². The van der Waals surface area contributed by atoms with E-state index in [4.69, 9.17) is 11.6 Å². The second-order valence-corrected chi connectivity index (χ2v) is 7.43. The van der Waals surface area contributed by atoms with Crippen molar-refractivity contribution in [2.75, 3.05) is 0 Å². The molecule has 0 saturated carbocycles. The van der Waals surface area contributed by atoms with Gasteiger partial charge in [0, 0.05) is 10.6 Å². The third-order valence-corrected chi connectivity index (χ3v) is 5.55. The molecule has 2 nitrogen and oxygen atoms in total. The van der Waals surface area contributed by atoms with Gasteiger partial charge in [0.05, 0.1) is 4.90 Å². The molecule has 122 valence electrons. The molecule has 0 saturated heterocycles. The van der Waals surface area contributed by atoms with Crippen LogP contribution in [0.15, 0.2) is 59.5 Å². The smallest absolute Gasteiger partial charge is 0.189 e. The van der Waals surface area contributed by atoms with Gasteiger partial charge in [0.25, 0.3) is 0 Å². The zero-order chi connectivity index (χ0) is 17.0. The van der Waals surface area contributed by atoms with Crippen LogP contribution < -0.4 is 0 Å². The molecule has 0 aromatic heterocycles. The summed E-state index contributed by atoms with van der Waals surface area (Å²) in [6.07, 6.45) is 3.56. The van der Waals surface area contributed by atoms with Gasteiger partial charge >= 0.3 is 0 Å². The number of hydrogen-bond donors (Lipinski definition) is 0. The summed E-state index contributed by atoms with van der Waals surface area (Å²) in [6.45, 7) is 1.82. The summed E-state index contributed by atoms with van der Waals surface area (Å²) >= 11 is 5.77. The largest absolute Gasteiger partial charge is 0.223 e. The lowest BCUT2D eigenvalue weighted by Crippen LogP contribution is -2.13. The average Bonchev–Trinajstić information content (AvgIpc) is 2.51. The van der Waals surface area contributed by atoms with E-state index >= 15 is 0 Å². The molecule has 1 unspecified atom stereocenters. The molecule has 2 aromatic carbocycles. The van der Waals surface area contributed by atoms with Crippen LogP contribution in [-0.2, 0) is 9.84 Å². The van der Waals surface area contributed by atoms with Gasteiger partial charge in [-0.25, -0.2) is 17.2 Å². The molecule has 0 fully saturated rings. The Morgan fingerprint density at radius 3 is 2.39 bits per heavy atom. The van der Waals surface area contributed by atoms with Crippen LogP contribution in [0, 0.1) is 11.6 Å². The first-order valence-electron chi connectivity index (χ1n) is 6.97. The van der Waals surface area contributed by atoms with E-state index in [1.807, 2.05) is 6.92 Å². The molecule has 0 aliphatic carbocycles. The quantitative estimate of drug-likeness (QED) is 0.698. The van der Waals surface area contributed by atoms with E-state index in [-0.39, 0.29) is 10.5 Å². The van der Waals surface area contributed by atoms with Gasteiger partial charge in [-0.3, -0.25) is 0 Å². The second kappa shape index (κ2) is 7.23. The first kappa shape index (κ1) is 17.6. The number of hydrogen-bond acceptors (Lipinski definition) is 2. The van der Waals surface area contributed by atoms with Crippen LogP contribution >= 0.6 is 11.6 Å². The van der Waals surface area contributed by atoms with Gasteiger partial charge in [-0.05, 0) is 48.9 Å². The Bertz CT molecular complexity index is 815. The molecule has 6 heteroatoms. The maximum Gasteiger partial charge on any atom is 0.189 e. The molecule has 2 aromatic rings. The highest BCUT2D eigenvalue weighted by Crippen LogP contribution is 2.33. The van der Waals surface area contributed by atoms with Gasteiger partial charge in [-0.2, -0.15) is 0 Å². The average molecular weight is 357 g/mol. The van der Waals surface area contributed by atoms with Crippen LogP contribution in [0.4, 0.5) is 8.78 Å². The molecule has 0 aliphatic rings. The van der Waals surface area contributed by atoms with E-state index in [1.165, 1.54) is 30.3 Å². The molecule has 0 aliphatic heterocycles. The standard InChI is InChI=1S/C17H15ClF2O2S/c1-2-3-4-17(15-11-13(19)7-10-16(15)20)23(21,22)14-8-5-12(18)6-9-14/h3-11,17H,2H2,1H3/b4-3+. The van der Waals surface area contributed by atoms with Gasteiger partial charge in [-0.1, -0.05) is 30.7 Å². The maximum atomic E-state index is 14.1. The number of sulfone groups is 1. The summed E-state index contributed by atoms with van der Waals surface area (Å²) in [5, 5.41) is -0.916. The van der Waals surface area contributed by atoms with Crippen molar-refractivity contribution in [3.63, 3.8) is 0 Å². The monoisotopic (exact) mass is 356 g/mol. The van der Waals surface area contributed by atoms with Gasteiger partial charge in [0.1, 0.15) is 16.9 Å². The summed E-state index contributed by atoms with van der Waals surface area (Å²) in [5.41, 5.74) is -0.218. The van der Waals surface area contributed by atoms with Crippen molar-refractivity contribution in [2.45, 2.75) is 23.5 Å². The molecular formula is C17H15ClF2O2S. The topological polar surface area (TPSA) is 34.1 Å². The van der Waals surface area contributed by atoms with Gasteiger partial charge < -0.3 is 0 Å². The van der Waals surface area contributed by atoms with E-state index in [0.717, 1.165) is 18.2 Å². The van der Waals surface area contributed by atoms with Crippen LogP contribution in [0.5, 0.6) is 0 Å². The first-order chi connectivity index (χ1) is 10.9. The van der Waals surface area contributed by atoms with Gasteiger partial charge in [0.2, 0.25) is 0 Å². The van der Waals surface area contributed by atoms with E-state index in [9.17, 15) is 17.2 Å². The van der Waals surface area contributed by atoms with Crippen LogP contribution in [0.3, 0.4) is 0 Å². The molecular weight excluding hydrogens is 342 g/mol. The SMILES string of the molecule is CC/C=C/C(c1cc(F)ccc1F)S(=O)(=O)c1ccc(Cl)cc1. The lowest BCUT2D eigenvalue weighted by atomic mass is 10.1. The van der Waals surface area contributed by atoms with Crippen molar-refractivity contribution in [1.29, 1.82) is 0 Å². The lowest BCUT2D eigenvalue weighted by molar-refractivity contribution is 0.571. The summed E-state index contributed by atoms with van der Waals surface area (Å²) < 4.78 is 53.2. The highest BCUT2D eigenvalue weighted by Gasteiger charge is 2.29. The predicted octanol–water partition coefficient (Wildman–Crippen LogP) is 5.10. The fraction of sp³-hybridized carbons (Fsp3) is 0.176. The summed E-state index contributed by atoms with van der Waals surface area (Å²) in [4.78, 5) is -0.00341. The Morgan fingerprint density at radius 2 is 1.78 bits per heavy atom. The Hall–Kier alpha value is -1.72. The molecule has 2 rings (SSSR count). The van der Waals surface area contributed by atoms with Crippen LogP contribution in [0.25, 0.3) is 0 Å². The summed E-state index contributed by atoms with van der Waals surface area (Å²) in [7, 11) is -3.93. The van der Waals surface area contributed by atoms with E-state index < -0.39 is 26.7 Å². The zero-order valence-corrected chi connectivity index (χ0v) is 13.9. The normalized spacial score (nSPS) is 13.4. The highest BCUT2D eigenvalue weighted by atomic mass is 35.5. The minimum Gasteiger partial charge on any atom is -0.223 e. The van der Waals surface area contributed by atoms with Crippen molar-refractivity contribution in [1.82, 2.24) is 0 Å². The minimum absolute atomic E-state index is 0.00341. The van der Waals surface area contributed by atoms with Crippen molar-refractivity contribution >= 4 is 21.4 Å². The molecule has 0 amide bonds. The number of rotatable bonds is 5. The Labute approximate surface area is 139 Å². The molecule has 0 heterocycles. The molecule has 0 radical (unpaired) electrons. The second-order valence-electron chi connectivity index (χ2n) is 4.92. The Kier molecular flexibility index (Phi) is 5.55. The maximum absolute atomic E-state index is 14.1. The fourth-order valence-electron chi connectivity index (χ4n) is 2.14. The predicted molar refractivity (Wildman–Crippen MR) is 87.2 cm³/mol. The molecule has 0 bridgehead atoms. The van der Waals surface area contributed by atoms with Crippen LogP contribution in [0.2, 0.25) is 5.02 Å². The summed E-state index contributed by atoms with van der Waals surface area (Å²) in [6, 6.07) is 8.37. The molecule has 0 spiro atoms. The van der Waals surface area contributed by atoms with Crippen LogP contribution in [0.1, 0.15) is 24.2 Å². The van der Waals surface area contributed by atoms with Crippen molar-refractivity contribution in [2.24, 2.45) is 0 Å². The Morgan fingerprint density at radius 1 is 1.13 bits per heavy atom. The highest BCUT2D eigenvalue weighted by molar-refractivity contribution is 7.91. The number of benzene rings is 2. The third-order valence-electron chi connectivity index (χ3n) is 3.29. The number of halogens is 3. The zero-order valence-electron chi connectivity index (χ0n) is 12.3. The van der Waals surface area contributed by atoms with Crippen molar-refractivity contribution in [3.8, 4) is 0 Å². The van der Waals surface area contributed by atoms with Crippen molar-refractivity contribution < 1.29 is 17.2 Å². The van der Waals surface area contributed by atoms with E-state index in [0.29, 0.717) is 11.4 Å². The molecule has 0 N–H and O–H groups in total. The van der Waals surface area contributed by atoms with Gasteiger partial charge in [0.15, 0.2) is 9.84 Å². The third kappa shape index (κ3) is 3.98. The van der Waals surface area contributed by atoms with Crippen LogP contribution in [-0.4, -0.2) is 8.42 Å². The van der Waals surface area contributed by atoms with E-state index in [1.54, 1.807) is 6.08 Å². The minimum atomic E-state index is -3.93. The molecule has 23 heavy (non-hydrogen) atoms. The summed E-state index contributed by atoms with van der Waals surface area (Å²) in [5.74, 6) is -1.46.